The zero-order valence-electron chi connectivity index (χ0n) is 23.1. The molecule has 0 radical (unpaired) electrons. The van der Waals surface area contributed by atoms with Gasteiger partial charge in [0.1, 0.15) is 5.75 Å². The highest BCUT2D eigenvalue weighted by Crippen LogP contribution is 2.50. The van der Waals surface area contributed by atoms with Crippen molar-refractivity contribution in [3.8, 4) is 5.75 Å². The first-order valence-electron chi connectivity index (χ1n) is 13.9. The molecule has 2 bridgehead atoms. The highest BCUT2D eigenvalue weighted by molar-refractivity contribution is 7.85. The fourth-order valence-corrected chi connectivity index (χ4v) is 8.21. The summed E-state index contributed by atoms with van der Waals surface area (Å²) in [5.74, 6) is 0.880. The molecule has 2 atom stereocenters. The number of hydrogen-bond acceptors (Lipinski definition) is 5. The van der Waals surface area contributed by atoms with Crippen molar-refractivity contribution in [2.45, 2.75) is 56.7 Å². The molecule has 0 unspecified atom stereocenters. The van der Waals surface area contributed by atoms with Crippen LogP contribution in [0.4, 0.5) is 0 Å². The summed E-state index contributed by atoms with van der Waals surface area (Å²) in [6, 6.07) is 26.5. The fourth-order valence-electron chi connectivity index (χ4n) is 7.09. The lowest BCUT2D eigenvalue weighted by Gasteiger charge is -2.62. The average molecular weight is 549 g/mol. The number of benzene rings is 3. The molecule has 3 aromatic carbocycles. The lowest BCUT2D eigenvalue weighted by Crippen LogP contribution is -2.75. The Morgan fingerprint density at radius 3 is 2.05 bits per heavy atom. The molecule has 0 saturated carbocycles. The monoisotopic (exact) mass is 548 g/mol. The predicted molar refractivity (Wildman–Crippen MR) is 156 cm³/mol. The third-order valence-corrected chi connectivity index (χ3v) is 9.63. The molecule has 7 heteroatoms. The topological polar surface area (TPSA) is 78.9 Å². The van der Waals surface area contributed by atoms with Crippen molar-refractivity contribution in [1.29, 1.82) is 0 Å². The molecule has 208 valence electrons. The summed E-state index contributed by atoms with van der Waals surface area (Å²) in [7, 11) is -2.63. The molecule has 3 aliphatic heterocycles. The molecule has 6 rings (SSSR count). The molecular formula is C32H40N2O4S. The zero-order chi connectivity index (χ0) is 27.6. The quantitative estimate of drug-likeness (QED) is 0.328. The largest absolute Gasteiger partial charge is 0.496 e. The van der Waals surface area contributed by atoms with Gasteiger partial charge < -0.3 is 10.1 Å². The van der Waals surface area contributed by atoms with Crippen LogP contribution in [0.2, 0.25) is 0 Å². The summed E-state index contributed by atoms with van der Waals surface area (Å²) < 4.78 is 41.9. The van der Waals surface area contributed by atoms with Gasteiger partial charge in [-0.2, -0.15) is 8.42 Å². The zero-order valence-corrected chi connectivity index (χ0v) is 23.9. The molecule has 6 nitrogen and oxygen atoms in total. The molecule has 3 aromatic rings. The van der Waals surface area contributed by atoms with Crippen molar-refractivity contribution < 1.29 is 17.7 Å². The van der Waals surface area contributed by atoms with Crippen molar-refractivity contribution in [2.75, 3.05) is 26.0 Å². The van der Waals surface area contributed by atoms with Gasteiger partial charge in [-0.05, 0) is 60.5 Å². The van der Waals surface area contributed by atoms with Gasteiger partial charge in [0.2, 0.25) is 0 Å². The number of fused-ring (bicyclic) bond motifs is 3. The minimum absolute atomic E-state index is 0.167. The maximum absolute atomic E-state index is 12.9. The molecular weight excluding hydrogens is 508 g/mol. The second-order valence-electron chi connectivity index (χ2n) is 11.4. The van der Waals surface area contributed by atoms with Crippen LogP contribution in [-0.2, 0) is 16.7 Å². The molecule has 3 saturated heterocycles. The van der Waals surface area contributed by atoms with Crippen molar-refractivity contribution >= 4 is 10.1 Å². The molecule has 0 aliphatic carbocycles. The fraction of sp³-hybridized carbons (Fsp3) is 0.438. The van der Waals surface area contributed by atoms with E-state index in [9.17, 15) is 13.0 Å². The van der Waals surface area contributed by atoms with Crippen LogP contribution in [0, 0.1) is 5.92 Å². The lowest BCUT2D eigenvalue weighted by atomic mass is 9.62. The Labute approximate surface area is 233 Å². The first kappa shape index (κ1) is 27.8. The second kappa shape index (κ2) is 11.4. The Morgan fingerprint density at radius 2 is 1.54 bits per heavy atom. The van der Waals surface area contributed by atoms with Crippen LogP contribution in [0.15, 0.2) is 78.9 Å². The maximum atomic E-state index is 12.9. The normalized spacial score (nSPS) is 24.8. The van der Waals surface area contributed by atoms with Crippen molar-refractivity contribution in [1.82, 2.24) is 10.2 Å². The van der Waals surface area contributed by atoms with Crippen LogP contribution < -0.4 is 10.1 Å². The van der Waals surface area contributed by atoms with Gasteiger partial charge in [0.25, 0.3) is 10.1 Å². The molecule has 3 aliphatic rings. The minimum Gasteiger partial charge on any atom is -0.496 e. The van der Waals surface area contributed by atoms with E-state index < -0.39 is 15.7 Å². The van der Waals surface area contributed by atoms with Gasteiger partial charge in [-0.3, -0.25) is 9.45 Å². The number of methoxy groups -OCH3 is 1. The van der Waals surface area contributed by atoms with Crippen molar-refractivity contribution in [3.63, 3.8) is 0 Å². The summed E-state index contributed by atoms with van der Waals surface area (Å²) in [5.41, 5.74) is 3.51. The van der Waals surface area contributed by atoms with Crippen molar-refractivity contribution in [3.05, 3.63) is 101 Å². The number of ether oxygens (including phenoxy) is 1. The van der Waals surface area contributed by atoms with Gasteiger partial charge in [-0.1, -0.05) is 86.6 Å². The SMILES string of the molecule is COc1ccc(C(C)C)cc1CN[C@H]1C2CCN(CC2)[C@@]1(CS(=O)(=O)O)C(c1ccccc1)c1ccccc1. The first-order valence-corrected chi connectivity index (χ1v) is 15.5. The van der Waals surface area contributed by atoms with E-state index in [1.165, 1.54) is 5.56 Å². The van der Waals surface area contributed by atoms with Gasteiger partial charge in [-0.15, -0.1) is 0 Å². The number of rotatable bonds is 10. The van der Waals surface area contributed by atoms with Crippen LogP contribution in [0.3, 0.4) is 0 Å². The summed E-state index contributed by atoms with van der Waals surface area (Å²) in [6.07, 6.45) is 1.98. The van der Waals surface area contributed by atoms with E-state index >= 15 is 0 Å². The molecule has 39 heavy (non-hydrogen) atoms. The van der Waals surface area contributed by atoms with Crippen molar-refractivity contribution in [2.24, 2.45) is 5.92 Å². The van der Waals surface area contributed by atoms with Gasteiger partial charge >= 0.3 is 0 Å². The summed E-state index contributed by atoms with van der Waals surface area (Å²) >= 11 is 0. The van der Waals surface area contributed by atoms with E-state index in [0.29, 0.717) is 12.5 Å². The van der Waals surface area contributed by atoms with Crippen LogP contribution in [-0.4, -0.2) is 55.4 Å². The molecule has 2 N–H and O–H groups in total. The summed E-state index contributed by atoms with van der Waals surface area (Å²) in [6.45, 7) is 6.51. The maximum Gasteiger partial charge on any atom is 0.266 e. The lowest BCUT2D eigenvalue weighted by molar-refractivity contribution is -0.0597. The van der Waals surface area contributed by atoms with Gasteiger partial charge in [0.05, 0.1) is 18.4 Å². The summed E-state index contributed by atoms with van der Waals surface area (Å²) in [5, 5.41) is 3.85. The number of hydrogen-bond donors (Lipinski definition) is 2. The first-order chi connectivity index (χ1) is 18.7. The number of nitrogens with one attached hydrogen (secondary N) is 1. The molecule has 0 spiro atoms. The predicted octanol–water partition coefficient (Wildman–Crippen LogP) is 5.46. The molecule has 0 amide bonds. The smallest absolute Gasteiger partial charge is 0.266 e. The van der Waals surface area contributed by atoms with Crippen LogP contribution in [0.5, 0.6) is 5.75 Å². The van der Waals surface area contributed by atoms with E-state index in [2.05, 4.69) is 60.5 Å². The molecule has 3 heterocycles. The summed E-state index contributed by atoms with van der Waals surface area (Å²) in [4.78, 5) is 2.34. The van der Waals surface area contributed by atoms with E-state index in [4.69, 9.17) is 4.74 Å². The average Bonchev–Trinajstić information content (AvgIpc) is 2.93. The Morgan fingerprint density at radius 1 is 0.949 bits per heavy atom. The standard InChI is InChI=1S/C32H40N2O4S/c1-23(2)27-14-15-29(38-3)28(20-27)21-33-31-26-16-18-34(19-17-26)32(31,22-39(35,36)37)30(24-10-6-4-7-11-24)25-12-8-5-9-13-25/h4-15,20,23,26,30-31,33H,16-19,21-22H2,1-3H3,(H,35,36,37)/t31-,32-/m0/s1. The second-order valence-corrected chi connectivity index (χ2v) is 12.8. The Bertz CT molecular complexity index is 1320. The van der Waals surface area contributed by atoms with Gasteiger partial charge in [0.15, 0.2) is 0 Å². The Hall–Kier alpha value is -2.71. The van der Waals surface area contributed by atoms with Crippen LogP contribution in [0.25, 0.3) is 0 Å². The Balaban J connectivity index is 1.65. The number of nitrogens with zero attached hydrogens (tertiary/aromatic N) is 1. The van der Waals surface area contributed by atoms with Gasteiger partial charge in [-0.25, -0.2) is 0 Å². The highest BCUT2D eigenvalue weighted by Gasteiger charge is 2.59. The van der Waals surface area contributed by atoms with E-state index in [1.807, 2.05) is 42.5 Å². The molecule has 3 fully saturated rings. The molecule has 0 aromatic heterocycles. The third-order valence-electron chi connectivity index (χ3n) is 8.80. The number of piperidine rings is 3. The minimum atomic E-state index is -4.32. The van der Waals surface area contributed by atoms with Crippen LogP contribution >= 0.6 is 0 Å². The highest BCUT2D eigenvalue weighted by atomic mass is 32.2. The third kappa shape index (κ3) is 5.64. The Kier molecular flexibility index (Phi) is 8.15. The van der Waals surface area contributed by atoms with E-state index in [-0.39, 0.29) is 23.6 Å². The van der Waals surface area contributed by atoms with Gasteiger partial charge in [0, 0.05) is 24.1 Å². The van der Waals surface area contributed by atoms with E-state index in [0.717, 1.165) is 48.4 Å². The van der Waals surface area contributed by atoms with Crippen LogP contribution in [0.1, 0.15) is 60.8 Å². The van der Waals surface area contributed by atoms with E-state index in [1.54, 1.807) is 7.11 Å².